The smallest absolute Gasteiger partial charge is 0.142 e. The number of aryl methyl sites for hydroxylation is 1. The van der Waals surface area contributed by atoms with E-state index >= 15 is 0 Å². The number of piperidine rings is 1. The van der Waals surface area contributed by atoms with Crippen molar-refractivity contribution in [2.24, 2.45) is 5.73 Å². The molecular weight excluding hydrogens is 254 g/mol. The van der Waals surface area contributed by atoms with Crippen LogP contribution in [0.1, 0.15) is 18.4 Å². The summed E-state index contributed by atoms with van der Waals surface area (Å²) in [6.07, 6.45) is 4.18. The fourth-order valence-corrected chi connectivity index (χ4v) is 2.68. The zero-order valence-corrected chi connectivity index (χ0v) is 10.5. The molecule has 3 nitrogen and oxygen atoms in total. The van der Waals surface area contributed by atoms with Gasteiger partial charge in [-0.25, -0.2) is 4.98 Å². The number of nitrogens with zero attached hydrogens (tertiary/aromatic N) is 2. The molecule has 1 aliphatic rings. The molecule has 1 saturated heterocycles. The zero-order valence-electron chi connectivity index (χ0n) is 8.91. The molecule has 0 radical (unpaired) electrons. The van der Waals surface area contributed by atoms with Gasteiger partial charge in [-0.1, -0.05) is 0 Å². The first-order chi connectivity index (χ1) is 7.16. The summed E-state index contributed by atoms with van der Waals surface area (Å²) in [6.45, 7) is 4.01. The minimum atomic E-state index is 0.286. The number of hydrogen-bond acceptors (Lipinski definition) is 3. The van der Waals surface area contributed by atoms with Crippen LogP contribution in [0.5, 0.6) is 0 Å². The standard InChI is InChI=1S/C11H16BrN3/c1-8-5-10(12)11(14-6-8)15-4-2-3-9(13)7-15/h5-6,9H,2-4,7,13H2,1H3. The van der Waals surface area contributed by atoms with Crippen LogP contribution in [-0.2, 0) is 0 Å². The Balaban J connectivity index is 2.21. The minimum absolute atomic E-state index is 0.286. The van der Waals surface area contributed by atoms with Gasteiger partial charge in [0.2, 0.25) is 0 Å². The molecule has 15 heavy (non-hydrogen) atoms. The molecule has 82 valence electrons. The van der Waals surface area contributed by atoms with E-state index < -0.39 is 0 Å². The monoisotopic (exact) mass is 269 g/mol. The van der Waals surface area contributed by atoms with Crippen molar-refractivity contribution in [2.75, 3.05) is 18.0 Å². The lowest BCUT2D eigenvalue weighted by molar-refractivity contribution is 0.502. The molecule has 1 aliphatic heterocycles. The minimum Gasteiger partial charge on any atom is -0.354 e. The van der Waals surface area contributed by atoms with Crippen molar-refractivity contribution in [1.29, 1.82) is 0 Å². The SMILES string of the molecule is Cc1cnc(N2CCCC(N)C2)c(Br)c1. The fourth-order valence-electron chi connectivity index (χ4n) is 1.96. The van der Waals surface area contributed by atoms with E-state index in [9.17, 15) is 0 Å². The van der Waals surface area contributed by atoms with Gasteiger partial charge in [-0.15, -0.1) is 0 Å². The van der Waals surface area contributed by atoms with Gasteiger partial charge >= 0.3 is 0 Å². The van der Waals surface area contributed by atoms with Crippen molar-refractivity contribution in [3.05, 3.63) is 22.3 Å². The number of anilines is 1. The van der Waals surface area contributed by atoms with Crippen molar-refractivity contribution in [2.45, 2.75) is 25.8 Å². The van der Waals surface area contributed by atoms with Crippen LogP contribution in [0.2, 0.25) is 0 Å². The Kier molecular flexibility index (Phi) is 3.26. The molecule has 2 heterocycles. The highest BCUT2D eigenvalue weighted by molar-refractivity contribution is 9.10. The van der Waals surface area contributed by atoms with E-state index in [-0.39, 0.29) is 6.04 Å². The Morgan fingerprint density at radius 1 is 1.60 bits per heavy atom. The molecule has 0 bridgehead atoms. The number of halogens is 1. The van der Waals surface area contributed by atoms with Crippen LogP contribution in [0.4, 0.5) is 5.82 Å². The Hall–Kier alpha value is -0.610. The predicted octanol–water partition coefficient (Wildman–Crippen LogP) is 2.08. The summed E-state index contributed by atoms with van der Waals surface area (Å²) in [5.74, 6) is 1.02. The van der Waals surface area contributed by atoms with Crippen molar-refractivity contribution >= 4 is 21.7 Å². The van der Waals surface area contributed by atoms with Crippen molar-refractivity contribution < 1.29 is 0 Å². The molecule has 1 aromatic heterocycles. The second-order valence-corrected chi connectivity index (χ2v) is 5.02. The molecule has 1 fully saturated rings. The van der Waals surface area contributed by atoms with Crippen LogP contribution in [0.25, 0.3) is 0 Å². The van der Waals surface area contributed by atoms with Gasteiger partial charge in [-0.2, -0.15) is 0 Å². The van der Waals surface area contributed by atoms with Crippen LogP contribution in [0.3, 0.4) is 0 Å². The topological polar surface area (TPSA) is 42.2 Å². The molecule has 2 N–H and O–H groups in total. The summed E-state index contributed by atoms with van der Waals surface area (Å²) in [6, 6.07) is 2.39. The molecule has 2 rings (SSSR count). The largest absolute Gasteiger partial charge is 0.354 e. The summed E-state index contributed by atoms with van der Waals surface area (Å²) in [4.78, 5) is 6.72. The molecule has 0 saturated carbocycles. The summed E-state index contributed by atoms with van der Waals surface area (Å²) >= 11 is 3.56. The second kappa shape index (κ2) is 4.49. The molecule has 0 aromatic carbocycles. The number of pyridine rings is 1. The molecule has 0 spiro atoms. The highest BCUT2D eigenvalue weighted by Crippen LogP contribution is 2.26. The van der Waals surface area contributed by atoms with Crippen LogP contribution < -0.4 is 10.6 Å². The normalized spacial score (nSPS) is 21.8. The lowest BCUT2D eigenvalue weighted by Gasteiger charge is -2.32. The van der Waals surface area contributed by atoms with E-state index in [1.165, 1.54) is 5.56 Å². The third-order valence-electron chi connectivity index (χ3n) is 2.72. The lowest BCUT2D eigenvalue weighted by atomic mass is 10.1. The van der Waals surface area contributed by atoms with Crippen LogP contribution in [0.15, 0.2) is 16.7 Å². The average Bonchev–Trinajstić information content (AvgIpc) is 2.17. The maximum absolute atomic E-state index is 5.96. The number of aromatic nitrogens is 1. The first-order valence-electron chi connectivity index (χ1n) is 5.29. The maximum atomic E-state index is 5.96. The van der Waals surface area contributed by atoms with E-state index in [0.717, 1.165) is 36.2 Å². The van der Waals surface area contributed by atoms with Crippen LogP contribution in [-0.4, -0.2) is 24.1 Å². The average molecular weight is 270 g/mol. The third-order valence-corrected chi connectivity index (χ3v) is 3.30. The van der Waals surface area contributed by atoms with E-state index in [2.05, 4.69) is 31.9 Å². The molecule has 0 amide bonds. The summed E-state index contributed by atoms with van der Waals surface area (Å²) in [5, 5.41) is 0. The quantitative estimate of drug-likeness (QED) is 0.849. The van der Waals surface area contributed by atoms with Gasteiger partial charge in [-0.05, 0) is 47.3 Å². The summed E-state index contributed by atoms with van der Waals surface area (Å²) in [7, 11) is 0. The number of nitrogens with two attached hydrogens (primary N) is 1. The Morgan fingerprint density at radius 2 is 2.40 bits per heavy atom. The molecule has 0 aliphatic carbocycles. The van der Waals surface area contributed by atoms with Gasteiger partial charge < -0.3 is 10.6 Å². The van der Waals surface area contributed by atoms with E-state index in [1.807, 2.05) is 13.1 Å². The van der Waals surface area contributed by atoms with Gasteiger partial charge in [0.15, 0.2) is 0 Å². The Morgan fingerprint density at radius 3 is 3.07 bits per heavy atom. The van der Waals surface area contributed by atoms with E-state index in [4.69, 9.17) is 5.73 Å². The molecule has 1 unspecified atom stereocenters. The number of hydrogen-bond donors (Lipinski definition) is 1. The molecular formula is C11H16BrN3. The van der Waals surface area contributed by atoms with Gasteiger partial charge in [-0.3, -0.25) is 0 Å². The van der Waals surface area contributed by atoms with Crippen LogP contribution in [0, 0.1) is 6.92 Å². The van der Waals surface area contributed by atoms with Gasteiger partial charge in [0.05, 0.1) is 4.47 Å². The highest BCUT2D eigenvalue weighted by atomic mass is 79.9. The van der Waals surface area contributed by atoms with Gasteiger partial charge in [0.25, 0.3) is 0 Å². The maximum Gasteiger partial charge on any atom is 0.142 e. The fraction of sp³-hybridized carbons (Fsp3) is 0.545. The van der Waals surface area contributed by atoms with E-state index in [0.29, 0.717) is 0 Å². The molecule has 1 aromatic rings. The number of rotatable bonds is 1. The lowest BCUT2D eigenvalue weighted by Crippen LogP contribution is -2.43. The van der Waals surface area contributed by atoms with Gasteiger partial charge in [0, 0.05) is 25.3 Å². The van der Waals surface area contributed by atoms with Crippen molar-refractivity contribution in [3.63, 3.8) is 0 Å². The first-order valence-corrected chi connectivity index (χ1v) is 6.09. The van der Waals surface area contributed by atoms with Crippen LogP contribution >= 0.6 is 15.9 Å². The first kappa shape index (κ1) is 10.9. The third kappa shape index (κ3) is 2.49. The zero-order chi connectivity index (χ0) is 10.8. The second-order valence-electron chi connectivity index (χ2n) is 4.17. The Labute approximate surface area is 98.8 Å². The van der Waals surface area contributed by atoms with Crippen molar-refractivity contribution in [1.82, 2.24) is 4.98 Å². The predicted molar refractivity (Wildman–Crippen MR) is 66.1 cm³/mol. The molecule has 1 atom stereocenters. The van der Waals surface area contributed by atoms with E-state index in [1.54, 1.807) is 0 Å². The summed E-state index contributed by atoms with van der Waals surface area (Å²) < 4.78 is 1.07. The molecule has 4 heteroatoms. The van der Waals surface area contributed by atoms with Gasteiger partial charge in [0.1, 0.15) is 5.82 Å². The highest BCUT2D eigenvalue weighted by Gasteiger charge is 2.19. The summed E-state index contributed by atoms with van der Waals surface area (Å²) in [5.41, 5.74) is 7.13. The van der Waals surface area contributed by atoms with Crippen molar-refractivity contribution in [3.8, 4) is 0 Å². The Bertz CT molecular complexity index is 354.